The molecule has 1 heterocycles. The van der Waals surface area contributed by atoms with Gasteiger partial charge in [-0.15, -0.1) is 0 Å². The van der Waals surface area contributed by atoms with Gasteiger partial charge < -0.3 is 10.1 Å². The van der Waals surface area contributed by atoms with Gasteiger partial charge in [-0.1, -0.05) is 11.6 Å². The molecule has 0 aliphatic heterocycles. The summed E-state index contributed by atoms with van der Waals surface area (Å²) in [7, 11) is 0. The highest BCUT2D eigenvalue weighted by atomic mass is 35.5. The van der Waals surface area contributed by atoms with Crippen molar-refractivity contribution in [3.8, 4) is 5.75 Å². The van der Waals surface area contributed by atoms with Crippen LogP contribution in [-0.2, 0) is 11.3 Å². The van der Waals surface area contributed by atoms with Crippen LogP contribution in [0.1, 0.15) is 0 Å². The first-order valence-corrected chi connectivity index (χ1v) is 6.44. The quantitative estimate of drug-likeness (QED) is 0.640. The number of aromatic nitrogens is 2. The third-order valence-corrected chi connectivity index (χ3v) is 2.86. The molecule has 0 bridgehead atoms. The Balaban J connectivity index is 1.99. The topological polar surface area (TPSA) is 99.3 Å². The molecule has 0 unspecified atom stereocenters. The van der Waals surface area contributed by atoms with Gasteiger partial charge in [-0.05, 0) is 18.2 Å². The van der Waals surface area contributed by atoms with Crippen LogP contribution < -0.4 is 10.1 Å². The summed E-state index contributed by atoms with van der Waals surface area (Å²) in [6, 6.07) is 3.75. The molecule has 1 aromatic heterocycles. The average molecular weight is 347 g/mol. The predicted molar refractivity (Wildman–Crippen MR) is 75.6 cm³/mol. The number of nitrogens with zero attached hydrogens (tertiary/aromatic N) is 3. The lowest BCUT2D eigenvalue weighted by atomic mass is 10.3. The Labute approximate surface area is 132 Å². The van der Waals surface area contributed by atoms with Gasteiger partial charge in [0.05, 0.1) is 9.95 Å². The second kappa shape index (κ2) is 7.01. The van der Waals surface area contributed by atoms with Gasteiger partial charge in [0, 0.05) is 5.69 Å². The molecule has 8 nitrogen and oxygen atoms in total. The average Bonchev–Trinajstić information content (AvgIpc) is 2.90. The van der Waals surface area contributed by atoms with E-state index in [1.165, 1.54) is 18.2 Å². The van der Waals surface area contributed by atoms with Crippen molar-refractivity contribution in [1.82, 2.24) is 9.78 Å². The molecule has 23 heavy (non-hydrogen) atoms. The Kier molecular flexibility index (Phi) is 5.06. The highest BCUT2D eigenvalue weighted by molar-refractivity contribution is 6.32. The van der Waals surface area contributed by atoms with Gasteiger partial charge in [-0.25, -0.2) is 0 Å². The number of carbonyl (C=O) groups is 1. The number of amides is 1. The van der Waals surface area contributed by atoms with E-state index in [9.17, 15) is 23.7 Å². The Morgan fingerprint density at radius 1 is 1.52 bits per heavy atom. The molecule has 2 aromatic rings. The maximum Gasteiger partial charge on any atom is 0.387 e. The molecular weight excluding hydrogens is 338 g/mol. The molecule has 0 radical (unpaired) electrons. The lowest BCUT2D eigenvalue weighted by Crippen LogP contribution is -2.19. The number of rotatable bonds is 6. The van der Waals surface area contributed by atoms with Crippen LogP contribution >= 0.6 is 11.6 Å². The van der Waals surface area contributed by atoms with Crippen molar-refractivity contribution >= 4 is 28.9 Å². The Morgan fingerprint density at radius 3 is 2.83 bits per heavy atom. The van der Waals surface area contributed by atoms with Crippen molar-refractivity contribution in [3.63, 3.8) is 0 Å². The van der Waals surface area contributed by atoms with E-state index in [0.717, 1.165) is 17.1 Å². The summed E-state index contributed by atoms with van der Waals surface area (Å²) in [5.74, 6) is -0.746. The van der Waals surface area contributed by atoms with E-state index in [2.05, 4.69) is 15.2 Å². The molecule has 0 atom stereocenters. The number of hydrogen-bond acceptors (Lipinski definition) is 5. The first kappa shape index (κ1) is 16.6. The summed E-state index contributed by atoms with van der Waals surface area (Å²) < 4.78 is 29.5. The number of alkyl halides is 2. The van der Waals surface area contributed by atoms with Gasteiger partial charge in [-0.3, -0.25) is 19.6 Å². The van der Waals surface area contributed by atoms with Crippen LogP contribution in [0.15, 0.2) is 30.6 Å². The number of benzene rings is 1. The van der Waals surface area contributed by atoms with Crippen LogP contribution in [0.3, 0.4) is 0 Å². The zero-order valence-electron chi connectivity index (χ0n) is 11.3. The number of nitrogens with one attached hydrogen (secondary N) is 1. The Hall–Kier alpha value is -2.75. The first-order valence-electron chi connectivity index (χ1n) is 6.06. The molecule has 1 aromatic carbocycles. The molecule has 0 fully saturated rings. The fourth-order valence-corrected chi connectivity index (χ4v) is 1.88. The van der Waals surface area contributed by atoms with Crippen molar-refractivity contribution in [2.24, 2.45) is 0 Å². The molecule has 0 spiro atoms. The lowest BCUT2D eigenvalue weighted by Gasteiger charge is -2.09. The summed E-state index contributed by atoms with van der Waals surface area (Å²) in [6.07, 6.45) is 2.12. The molecule has 11 heteroatoms. The summed E-state index contributed by atoms with van der Waals surface area (Å²) in [6.45, 7) is -3.27. The molecular formula is C12H9ClF2N4O4. The monoisotopic (exact) mass is 346 g/mol. The number of anilines is 1. The van der Waals surface area contributed by atoms with Crippen molar-refractivity contribution in [2.75, 3.05) is 5.32 Å². The maximum absolute atomic E-state index is 12.1. The SMILES string of the molecule is O=C(Cn1cc([N+](=O)[O-])cn1)Nc1ccc(OC(F)F)c(Cl)c1. The first-order chi connectivity index (χ1) is 10.8. The fourth-order valence-electron chi connectivity index (χ4n) is 1.65. The molecule has 1 N–H and O–H groups in total. The third kappa shape index (κ3) is 4.61. The highest BCUT2D eigenvalue weighted by Gasteiger charge is 2.13. The number of hydrogen-bond donors (Lipinski definition) is 1. The van der Waals surface area contributed by atoms with E-state index in [-0.39, 0.29) is 28.7 Å². The van der Waals surface area contributed by atoms with E-state index in [1.807, 2.05) is 0 Å². The smallest absolute Gasteiger partial charge is 0.387 e. The summed E-state index contributed by atoms with van der Waals surface area (Å²) in [5.41, 5.74) is 0.0117. The van der Waals surface area contributed by atoms with E-state index in [4.69, 9.17) is 11.6 Å². The minimum atomic E-state index is -3.01. The zero-order valence-corrected chi connectivity index (χ0v) is 12.0. The molecule has 0 aliphatic carbocycles. The van der Waals surface area contributed by atoms with Crippen molar-refractivity contribution in [3.05, 3.63) is 45.7 Å². The van der Waals surface area contributed by atoms with Gasteiger partial charge in [0.1, 0.15) is 24.7 Å². The molecule has 122 valence electrons. The minimum Gasteiger partial charge on any atom is -0.433 e. The van der Waals surface area contributed by atoms with Gasteiger partial charge in [0.25, 0.3) is 0 Å². The van der Waals surface area contributed by atoms with E-state index >= 15 is 0 Å². The highest BCUT2D eigenvalue weighted by Crippen LogP contribution is 2.28. The largest absolute Gasteiger partial charge is 0.433 e. The summed E-state index contributed by atoms with van der Waals surface area (Å²) in [4.78, 5) is 21.7. The Bertz CT molecular complexity index is 738. The van der Waals surface area contributed by atoms with Crippen LogP contribution in [0.4, 0.5) is 20.2 Å². The molecule has 2 rings (SSSR count). The molecule has 0 aliphatic rings. The van der Waals surface area contributed by atoms with Gasteiger partial charge in [0.2, 0.25) is 5.91 Å². The van der Waals surface area contributed by atoms with Gasteiger partial charge >= 0.3 is 12.3 Å². The zero-order chi connectivity index (χ0) is 17.0. The summed E-state index contributed by atoms with van der Waals surface area (Å²) >= 11 is 5.75. The number of halogens is 3. The molecule has 1 amide bonds. The van der Waals surface area contributed by atoms with Crippen LogP contribution in [0.5, 0.6) is 5.75 Å². The van der Waals surface area contributed by atoms with Crippen molar-refractivity contribution < 1.29 is 23.2 Å². The predicted octanol–water partition coefficient (Wildman–Crippen LogP) is 2.68. The molecule has 0 saturated carbocycles. The standard InChI is InChI=1S/C12H9ClF2N4O4/c13-9-3-7(1-2-10(9)23-12(14)15)17-11(20)6-18-5-8(4-16-18)19(21)22/h1-5,12H,6H2,(H,17,20). The van der Waals surface area contributed by atoms with Crippen molar-refractivity contribution in [2.45, 2.75) is 13.2 Å². The van der Waals surface area contributed by atoms with Gasteiger partial charge in [-0.2, -0.15) is 13.9 Å². The van der Waals surface area contributed by atoms with Crippen LogP contribution in [0, 0.1) is 10.1 Å². The third-order valence-electron chi connectivity index (χ3n) is 2.57. The van der Waals surface area contributed by atoms with E-state index in [0.29, 0.717) is 0 Å². The summed E-state index contributed by atoms with van der Waals surface area (Å²) in [5, 5.41) is 16.5. The van der Waals surface area contributed by atoms with E-state index in [1.54, 1.807) is 0 Å². The number of ether oxygens (including phenoxy) is 1. The maximum atomic E-state index is 12.1. The van der Waals surface area contributed by atoms with E-state index < -0.39 is 17.4 Å². The van der Waals surface area contributed by atoms with Crippen LogP contribution in [-0.4, -0.2) is 27.2 Å². The number of nitro groups is 1. The molecule has 0 saturated heterocycles. The van der Waals surface area contributed by atoms with Gasteiger partial charge in [0.15, 0.2) is 0 Å². The van der Waals surface area contributed by atoms with Crippen molar-refractivity contribution in [1.29, 1.82) is 0 Å². The second-order valence-electron chi connectivity index (χ2n) is 4.23. The normalized spacial score (nSPS) is 10.6. The van der Waals surface area contributed by atoms with Crippen LogP contribution in [0.25, 0.3) is 0 Å². The fraction of sp³-hybridized carbons (Fsp3) is 0.167. The van der Waals surface area contributed by atoms with Crippen LogP contribution in [0.2, 0.25) is 5.02 Å². The second-order valence-corrected chi connectivity index (χ2v) is 4.63. The number of carbonyl (C=O) groups excluding carboxylic acids is 1. The lowest BCUT2D eigenvalue weighted by molar-refractivity contribution is -0.385. The minimum absolute atomic E-state index is 0.0992. The Morgan fingerprint density at radius 2 is 2.26 bits per heavy atom.